The van der Waals surface area contributed by atoms with Crippen LogP contribution in [0.2, 0.25) is 0 Å². The van der Waals surface area contributed by atoms with E-state index in [0.29, 0.717) is 18.5 Å². The van der Waals surface area contributed by atoms with Crippen molar-refractivity contribution in [1.29, 1.82) is 0 Å². The summed E-state index contributed by atoms with van der Waals surface area (Å²) < 4.78 is 42.2. The van der Waals surface area contributed by atoms with E-state index in [9.17, 15) is 37.8 Å². The van der Waals surface area contributed by atoms with Gasteiger partial charge >= 0.3 is 17.9 Å². The van der Waals surface area contributed by atoms with Gasteiger partial charge in [-0.25, -0.2) is 19.6 Å². The molecule has 2 atom stereocenters. The second kappa shape index (κ2) is 11.6. The van der Waals surface area contributed by atoms with Crippen LogP contribution in [0, 0.1) is 0 Å². The Labute approximate surface area is 236 Å². The molecule has 42 heavy (non-hydrogen) atoms. The number of carbonyl (C=O) groups is 1. The number of imidazole rings is 1. The van der Waals surface area contributed by atoms with Gasteiger partial charge < -0.3 is 20.5 Å². The summed E-state index contributed by atoms with van der Waals surface area (Å²) in [5.74, 6) is 0.314. The number of aryl methyl sites for hydroxylation is 1. The minimum Gasteiger partial charge on any atom is -0.394 e. The van der Waals surface area contributed by atoms with Crippen LogP contribution in [0.25, 0.3) is 22.6 Å². The first kappa shape index (κ1) is 29.3. The Bertz CT molecular complexity index is 1650. The number of alkyl halides is 3. The first-order chi connectivity index (χ1) is 20.0. The molecule has 1 fully saturated rings. The molecule has 2 unspecified atom stereocenters. The normalized spacial score (nSPS) is 17.8. The molecule has 0 aromatic carbocycles. The van der Waals surface area contributed by atoms with Gasteiger partial charge in [0.05, 0.1) is 30.9 Å². The van der Waals surface area contributed by atoms with Gasteiger partial charge in [-0.2, -0.15) is 13.2 Å². The number of aliphatic hydroxyl groups is 2. The topological polar surface area (TPSA) is 158 Å². The van der Waals surface area contributed by atoms with E-state index in [-0.39, 0.29) is 41.8 Å². The van der Waals surface area contributed by atoms with E-state index in [4.69, 9.17) is 0 Å². The zero-order chi connectivity index (χ0) is 30.2. The summed E-state index contributed by atoms with van der Waals surface area (Å²) >= 11 is 0. The smallest absolute Gasteiger partial charge is 0.394 e. The Kier molecular flexibility index (Phi) is 8.06. The number of amides is 2. The van der Waals surface area contributed by atoms with E-state index >= 15 is 0 Å². The molecule has 4 N–H and O–H groups in total. The number of aromatic nitrogens is 5. The first-order valence-electron chi connectivity index (χ1n) is 13.6. The van der Waals surface area contributed by atoms with Crippen LogP contribution in [0.15, 0.2) is 51.7 Å². The largest absolute Gasteiger partial charge is 0.416 e. The van der Waals surface area contributed by atoms with E-state index in [1.807, 2.05) is 6.92 Å². The van der Waals surface area contributed by atoms with E-state index in [2.05, 4.69) is 20.3 Å². The number of pyridine rings is 1. The average Bonchev–Trinajstić information content (AvgIpc) is 3.70. The monoisotopic (exact) mass is 589 g/mol. The van der Waals surface area contributed by atoms with E-state index < -0.39 is 47.8 Å². The third kappa shape index (κ3) is 5.87. The van der Waals surface area contributed by atoms with Crippen molar-refractivity contribution in [3.05, 3.63) is 63.0 Å². The van der Waals surface area contributed by atoms with Gasteiger partial charge in [0, 0.05) is 24.3 Å². The lowest BCUT2D eigenvalue weighted by atomic mass is 10.0. The van der Waals surface area contributed by atoms with Gasteiger partial charge in [-0.1, -0.05) is 19.1 Å². The van der Waals surface area contributed by atoms with Crippen LogP contribution in [0.4, 0.5) is 23.8 Å². The summed E-state index contributed by atoms with van der Waals surface area (Å²) in [5.41, 5.74) is -0.896. The minimum absolute atomic E-state index is 0.0465. The molecule has 224 valence electrons. The molecule has 0 aliphatic heterocycles. The van der Waals surface area contributed by atoms with Crippen LogP contribution < -0.4 is 21.5 Å². The summed E-state index contributed by atoms with van der Waals surface area (Å²) in [7, 11) is 0. The number of hydrogen-bond acceptors (Lipinski definition) is 7. The highest BCUT2D eigenvalue weighted by Gasteiger charge is 2.34. The molecule has 12 nitrogen and oxygen atoms in total. The number of fused-ring (bicyclic) bond motifs is 1. The number of nitrogens with one attached hydrogen (secondary N) is 2. The summed E-state index contributed by atoms with van der Waals surface area (Å²) in [6.07, 6.45) is 0.899. The lowest BCUT2D eigenvalue weighted by molar-refractivity contribution is -0.0887. The Morgan fingerprint density at radius 1 is 1.29 bits per heavy atom. The van der Waals surface area contributed by atoms with Crippen molar-refractivity contribution in [2.75, 3.05) is 18.1 Å². The molecule has 0 spiro atoms. The number of nitrogens with zero attached hydrogens (tertiary/aromatic N) is 5. The summed E-state index contributed by atoms with van der Waals surface area (Å²) in [4.78, 5) is 52.1. The number of carbonyl (C=O) groups excluding carboxylic acids is 1. The van der Waals surface area contributed by atoms with Crippen LogP contribution in [0.1, 0.15) is 38.6 Å². The van der Waals surface area contributed by atoms with Crippen molar-refractivity contribution in [2.24, 2.45) is 0 Å². The number of urea groups is 1. The first-order valence-corrected chi connectivity index (χ1v) is 13.6. The predicted octanol–water partition coefficient (Wildman–Crippen LogP) is 2.38. The van der Waals surface area contributed by atoms with Crippen LogP contribution in [0.5, 0.6) is 0 Å². The van der Waals surface area contributed by atoms with Crippen molar-refractivity contribution >= 4 is 23.0 Å². The number of aromatic amines is 1. The van der Waals surface area contributed by atoms with Crippen molar-refractivity contribution in [2.45, 2.75) is 63.5 Å². The highest BCUT2D eigenvalue weighted by atomic mass is 19.4. The Morgan fingerprint density at radius 2 is 2.05 bits per heavy atom. The number of aliphatic hydroxyl groups excluding tert-OH is 2. The summed E-state index contributed by atoms with van der Waals surface area (Å²) in [5, 5.41) is 21.9. The predicted molar refractivity (Wildman–Crippen MR) is 147 cm³/mol. The number of H-pyrrole nitrogens is 1. The van der Waals surface area contributed by atoms with Crippen molar-refractivity contribution < 1.29 is 28.2 Å². The standard InChI is InChI=1S/C27H30F3N7O5/c1-2-10-35-23-21(24(40)37(26(35)42)18-7-8-18)33-22(34-23)15-6-9-20(31-12-15)36(13-19(39)14-38)25(41)32-17-5-3-4-16(11-17)27(28,29)30/h3-4,6,9,11-12,17-19,38-39H,2,5,7-8,10,13-14H2,1H3,(H,32,41)(H,33,34). The molecule has 0 saturated heterocycles. The van der Waals surface area contributed by atoms with Gasteiger partial charge in [0.25, 0.3) is 5.56 Å². The second-order valence-corrected chi connectivity index (χ2v) is 10.3. The molecule has 3 aromatic rings. The summed E-state index contributed by atoms with van der Waals surface area (Å²) in [6, 6.07) is 1.08. The van der Waals surface area contributed by atoms with E-state index in [1.54, 1.807) is 6.07 Å². The molecule has 3 heterocycles. The Hall–Kier alpha value is -4.24. The molecule has 0 bridgehead atoms. The molecule has 2 aliphatic carbocycles. The number of allylic oxidation sites excluding steroid dienone is 2. The van der Waals surface area contributed by atoms with E-state index in [0.717, 1.165) is 29.9 Å². The molecule has 2 aliphatic rings. The molecule has 5 rings (SSSR count). The average molecular weight is 590 g/mol. The fourth-order valence-corrected chi connectivity index (χ4v) is 4.80. The van der Waals surface area contributed by atoms with Crippen LogP contribution in [-0.4, -0.2) is 71.8 Å². The van der Waals surface area contributed by atoms with Gasteiger partial charge in [-0.05, 0) is 43.9 Å². The SMILES string of the molecule is CCCn1c(=O)n(C2CC2)c(=O)c2[nH]c(-c3ccc(N(CC(O)CO)C(=O)NC4C=C(C(F)(F)F)C=CC4)nc3)nc21. The van der Waals surface area contributed by atoms with Gasteiger partial charge in [0.2, 0.25) is 0 Å². The fraction of sp³-hybridized carbons (Fsp3) is 0.444. The molecule has 2 amide bonds. The van der Waals surface area contributed by atoms with Crippen LogP contribution >= 0.6 is 0 Å². The maximum atomic E-state index is 13.1. The van der Waals surface area contributed by atoms with Gasteiger partial charge in [0.15, 0.2) is 5.65 Å². The van der Waals surface area contributed by atoms with Crippen LogP contribution in [-0.2, 0) is 6.54 Å². The minimum atomic E-state index is -4.57. The van der Waals surface area contributed by atoms with Crippen molar-refractivity contribution in [3.8, 4) is 11.4 Å². The van der Waals surface area contributed by atoms with Crippen molar-refractivity contribution in [1.82, 2.24) is 29.4 Å². The van der Waals surface area contributed by atoms with E-state index in [1.165, 1.54) is 27.5 Å². The number of hydrogen-bond donors (Lipinski definition) is 4. The zero-order valence-corrected chi connectivity index (χ0v) is 22.6. The maximum absolute atomic E-state index is 13.1. The third-order valence-electron chi connectivity index (χ3n) is 7.02. The Morgan fingerprint density at radius 3 is 2.67 bits per heavy atom. The quantitative estimate of drug-likeness (QED) is 0.298. The highest BCUT2D eigenvalue weighted by molar-refractivity contribution is 5.91. The molecule has 1 saturated carbocycles. The Balaban J connectivity index is 1.44. The van der Waals surface area contributed by atoms with Crippen LogP contribution in [0.3, 0.4) is 0 Å². The van der Waals surface area contributed by atoms with Gasteiger partial charge in [-0.3, -0.25) is 18.8 Å². The van der Waals surface area contributed by atoms with Gasteiger partial charge in [-0.15, -0.1) is 0 Å². The summed E-state index contributed by atoms with van der Waals surface area (Å²) in [6.45, 7) is 1.23. The molecule has 0 radical (unpaired) electrons. The third-order valence-corrected chi connectivity index (χ3v) is 7.02. The molecule has 15 heteroatoms. The fourth-order valence-electron chi connectivity index (χ4n) is 4.80. The number of halogens is 3. The highest BCUT2D eigenvalue weighted by Crippen LogP contribution is 2.33. The lowest BCUT2D eigenvalue weighted by Crippen LogP contribution is -2.48. The van der Waals surface area contributed by atoms with Crippen molar-refractivity contribution in [3.63, 3.8) is 0 Å². The molecular formula is C27H30F3N7O5. The lowest BCUT2D eigenvalue weighted by Gasteiger charge is -2.27. The second-order valence-electron chi connectivity index (χ2n) is 10.3. The molecular weight excluding hydrogens is 559 g/mol. The number of anilines is 1. The molecule has 3 aromatic heterocycles. The zero-order valence-electron chi connectivity index (χ0n) is 22.6. The number of rotatable bonds is 9. The maximum Gasteiger partial charge on any atom is 0.416 e. The van der Waals surface area contributed by atoms with Gasteiger partial charge in [0.1, 0.15) is 17.2 Å².